The summed E-state index contributed by atoms with van der Waals surface area (Å²) >= 11 is 3.16. The van der Waals surface area contributed by atoms with Gasteiger partial charge >= 0.3 is 0 Å². The van der Waals surface area contributed by atoms with Crippen molar-refractivity contribution in [3.05, 3.63) is 60.3 Å². The number of benzene rings is 1. The van der Waals surface area contributed by atoms with Gasteiger partial charge in [-0.1, -0.05) is 60.3 Å². The molecule has 26 heavy (non-hydrogen) atoms. The van der Waals surface area contributed by atoms with E-state index in [1.54, 1.807) is 18.0 Å². The minimum absolute atomic E-state index is 0.0357. The Hall–Kier alpha value is -2.05. The molecule has 0 fully saturated rings. The van der Waals surface area contributed by atoms with Crippen molar-refractivity contribution in [2.45, 2.75) is 30.9 Å². The molecule has 0 aliphatic rings. The molecule has 0 aliphatic carbocycles. The van der Waals surface area contributed by atoms with Crippen molar-refractivity contribution in [2.24, 2.45) is 0 Å². The molecule has 1 amide bonds. The Morgan fingerprint density at radius 1 is 1.38 bits per heavy atom. The number of carbonyl (C=O) groups excluding carboxylic acids is 1. The number of rotatable bonds is 10. The van der Waals surface area contributed by atoms with Crippen LogP contribution < -0.4 is 10.1 Å². The lowest BCUT2D eigenvalue weighted by Crippen LogP contribution is -2.19. The fourth-order valence-electron chi connectivity index (χ4n) is 2.18. The maximum atomic E-state index is 12.0. The highest BCUT2D eigenvalue weighted by Crippen LogP contribution is 2.30. The number of para-hydroxylation sites is 1. The van der Waals surface area contributed by atoms with Crippen molar-refractivity contribution in [1.82, 2.24) is 4.98 Å². The molecular weight excluding hydrogens is 364 g/mol. The Labute approximate surface area is 163 Å². The Bertz CT molecular complexity index is 754. The van der Waals surface area contributed by atoms with Crippen molar-refractivity contribution >= 4 is 34.1 Å². The fourth-order valence-corrected chi connectivity index (χ4v) is 3.97. The van der Waals surface area contributed by atoms with Crippen LogP contribution >= 0.6 is 23.1 Å². The molecular formula is C20H24N2O2S2. The topological polar surface area (TPSA) is 51.2 Å². The van der Waals surface area contributed by atoms with Gasteiger partial charge in [-0.05, 0) is 31.9 Å². The highest BCUT2D eigenvalue weighted by atomic mass is 32.2. The smallest absolute Gasteiger partial charge is 0.264 e. The van der Waals surface area contributed by atoms with E-state index in [4.69, 9.17) is 4.74 Å². The quantitative estimate of drug-likeness (QED) is 0.428. The zero-order valence-corrected chi connectivity index (χ0v) is 16.8. The maximum Gasteiger partial charge on any atom is 0.264 e. The number of thiazole rings is 1. The number of hydrogen-bond donors (Lipinski definition) is 1. The summed E-state index contributed by atoms with van der Waals surface area (Å²) in [7, 11) is 0. The number of nitrogens with zero attached hydrogens (tertiary/aromatic N) is 1. The molecule has 4 nitrogen and oxygen atoms in total. The van der Waals surface area contributed by atoms with Crippen LogP contribution in [0.2, 0.25) is 0 Å². The van der Waals surface area contributed by atoms with Crippen molar-refractivity contribution in [1.29, 1.82) is 0 Å². The summed E-state index contributed by atoms with van der Waals surface area (Å²) in [5.41, 5.74) is 2.60. The number of aromatic nitrogens is 1. The van der Waals surface area contributed by atoms with Crippen molar-refractivity contribution in [3.8, 4) is 5.75 Å². The lowest BCUT2D eigenvalue weighted by atomic mass is 10.1. The van der Waals surface area contributed by atoms with Crippen LogP contribution in [-0.4, -0.2) is 23.3 Å². The van der Waals surface area contributed by atoms with E-state index in [-0.39, 0.29) is 12.5 Å². The molecule has 1 heterocycles. The first-order valence-corrected chi connectivity index (χ1v) is 10.3. The number of hydrogen-bond acceptors (Lipinski definition) is 5. The van der Waals surface area contributed by atoms with E-state index in [2.05, 4.69) is 36.8 Å². The molecule has 2 rings (SSSR count). The summed E-state index contributed by atoms with van der Waals surface area (Å²) in [6.07, 6.45) is 5.95. The van der Waals surface area contributed by atoms with Crippen LogP contribution in [0.4, 0.5) is 5.13 Å². The van der Waals surface area contributed by atoms with E-state index in [1.165, 1.54) is 22.5 Å². The van der Waals surface area contributed by atoms with Gasteiger partial charge < -0.3 is 4.74 Å². The molecule has 0 radical (unpaired) electrons. The van der Waals surface area contributed by atoms with E-state index in [0.717, 1.165) is 22.8 Å². The molecule has 0 saturated carbocycles. The average Bonchev–Trinajstić information content (AvgIpc) is 3.11. The van der Waals surface area contributed by atoms with Crippen LogP contribution in [0.25, 0.3) is 0 Å². The molecule has 0 atom stereocenters. The number of amides is 1. The van der Waals surface area contributed by atoms with Crippen molar-refractivity contribution in [2.75, 3.05) is 17.7 Å². The lowest BCUT2D eigenvalue weighted by molar-refractivity contribution is -0.118. The zero-order chi connectivity index (χ0) is 18.8. The van der Waals surface area contributed by atoms with Crippen LogP contribution in [0.1, 0.15) is 26.7 Å². The Morgan fingerprint density at radius 2 is 2.15 bits per heavy atom. The molecule has 1 aromatic heterocycles. The second-order valence-corrected chi connectivity index (χ2v) is 7.96. The summed E-state index contributed by atoms with van der Waals surface area (Å²) in [4.78, 5) is 16.2. The summed E-state index contributed by atoms with van der Waals surface area (Å²) in [6.45, 7) is 8.34. The molecule has 1 aromatic carbocycles. The third kappa shape index (κ3) is 7.06. The lowest BCUT2D eigenvalue weighted by Gasteiger charge is -2.06. The second-order valence-electron chi connectivity index (χ2n) is 5.65. The van der Waals surface area contributed by atoms with Gasteiger partial charge in [0.1, 0.15) is 5.75 Å². The first-order chi connectivity index (χ1) is 12.6. The molecule has 0 unspecified atom stereocenters. The number of thioether (sulfide) groups is 1. The van der Waals surface area contributed by atoms with Crippen LogP contribution in [0, 0.1) is 0 Å². The van der Waals surface area contributed by atoms with E-state index in [0.29, 0.717) is 10.9 Å². The minimum Gasteiger partial charge on any atom is -0.484 e. The third-order valence-corrected chi connectivity index (χ3v) is 5.86. The van der Waals surface area contributed by atoms with Gasteiger partial charge in [-0.3, -0.25) is 10.1 Å². The highest BCUT2D eigenvalue weighted by Gasteiger charge is 2.09. The second kappa shape index (κ2) is 10.8. The molecule has 6 heteroatoms. The van der Waals surface area contributed by atoms with Crippen molar-refractivity contribution < 1.29 is 9.53 Å². The number of ether oxygens (including phenoxy) is 1. The van der Waals surface area contributed by atoms with Gasteiger partial charge in [0.15, 0.2) is 11.7 Å². The third-order valence-electron chi connectivity index (χ3n) is 3.60. The van der Waals surface area contributed by atoms with E-state index in [9.17, 15) is 4.79 Å². The SMILES string of the molecule is C=C(CSc1cnc(NC(=O)COc2ccccc2)s1)C/C(=C\C)CC. The summed E-state index contributed by atoms with van der Waals surface area (Å²) in [5.74, 6) is 1.30. The van der Waals surface area contributed by atoms with Gasteiger partial charge in [-0.2, -0.15) is 0 Å². The Kier molecular flexibility index (Phi) is 8.44. The first kappa shape index (κ1) is 20.3. The Balaban J connectivity index is 1.74. The number of anilines is 1. The normalized spacial score (nSPS) is 11.2. The summed E-state index contributed by atoms with van der Waals surface area (Å²) < 4.78 is 6.49. The van der Waals surface area contributed by atoms with Crippen LogP contribution in [0.15, 0.2) is 64.5 Å². The van der Waals surface area contributed by atoms with Crippen LogP contribution in [0.5, 0.6) is 5.75 Å². The molecule has 2 aromatic rings. The number of carbonyl (C=O) groups is 1. The molecule has 0 bridgehead atoms. The van der Waals surface area contributed by atoms with E-state index < -0.39 is 0 Å². The van der Waals surface area contributed by atoms with Gasteiger partial charge in [0, 0.05) is 5.75 Å². The molecule has 0 saturated heterocycles. The molecule has 138 valence electrons. The largest absolute Gasteiger partial charge is 0.484 e. The predicted octanol–water partition coefficient (Wildman–Crippen LogP) is 5.56. The highest BCUT2D eigenvalue weighted by molar-refractivity contribution is 8.01. The molecule has 0 spiro atoms. The molecule has 1 N–H and O–H groups in total. The predicted molar refractivity (Wildman–Crippen MR) is 111 cm³/mol. The monoisotopic (exact) mass is 388 g/mol. The number of allylic oxidation sites excluding steroid dienone is 2. The number of nitrogens with one attached hydrogen (secondary N) is 1. The fraction of sp³-hybridized carbons (Fsp3) is 0.300. The van der Waals surface area contributed by atoms with Crippen LogP contribution in [-0.2, 0) is 4.79 Å². The van der Waals surface area contributed by atoms with E-state index >= 15 is 0 Å². The zero-order valence-electron chi connectivity index (χ0n) is 15.2. The van der Waals surface area contributed by atoms with Crippen LogP contribution in [0.3, 0.4) is 0 Å². The van der Waals surface area contributed by atoms with Gasteiger partial charge in [-0.15, -0.1) is 11.8 Å². The maximum absolute atomic E-state index is 12.0. The van der Waals surface area contributed by atoms with Crippen molar-refractivity contribution in [3.63, 3.8) is 0 Å². The minimum atomic E-state index is -0.218. The summed E-state index contributed by atoms with van der Waals surface area (Å²) in [6, 6.07) is 9.26. The van der Waals surface area contributed by atoms with Gasteiger partial charge in [0.25, 0.3) is 5.91 Å². The first-order valence-electron chi connectivity index (χ1n) is 8.47. The van der Waals surface area contributed by atoms with Gasteiger partial charge in [-0.25, -0.2) is 4.98 Å². The van der Waals surface area contributed by atoms with Gasteiger partial charge in [0.05, 0.1) is 10.4 Å². The van der Waals surface area contributed by atoms with E-state index in [1.807, 2.05) is 30.3 Å². The standard InChI is InChI=1S/C20H24N2O2S2/c1-4-16(5-2)11-15(3)14-25-19-12-21-20(26-19)22-18(23)13-24-17-9-7-6-8-10-17/h4,6-10,12H,3,5,11,13-14H2,1-2H3,(H,21,22,23)/b16-4-. The Morgan fingerprint density at radius 3 is 2.85 bits per heavy atom. The summed E-state index contributed by atoms with van der Waals surface area (Å²) in [5, 5.41) is 3.35. The molecule has 0 aliphatic heterocycles. The van der Waals surface area contributed by atoms with Gasteiger partial charge in [0.2, 0.25) is 0 Å². The average molecular weight is 389 g/mol.